The van der Waals surface area contributed by atoms with Gasteiger partial charge in [-0.25, -0.2) is 0 Å². The lowest BCUT2D eigenvalue weighted by molar-refractivity contribution is -0.113. The molecule has 0 bridgehead atoms. The van der Waals surface area contributed by atoms with Crippen molar-refractivity contribution in [2.75, 3.05) is 23.5 Å². The number of carbonyl (C=O) groups is 2. The number of hydrogen-bond donors (Lipinski definition) is 2. The lowest BCUT2D eigenvalue weighted by Gasteiger charge is -2.13. The number of benzene rings is 3. The molecule has 2 amide bonds. The van der Waals surface area contributed by atoms with Crippen LogP contribution in [0.3, 0.4) is 0 Å². The van der Waals surface area contributed by atoms with Gasteiger partial charge < -0.3 is 15.4 Å². The SMILES string of the molecule is COc1ccc(NC(=O)CSc2ccccc2)cc1NC(=O)c1ccccc1. The summed E-state index contributed by atoms with van der Waals surface area (Å²) in [5, 5.41) is 5.68. The van der Waals surface area contributed by atoms with Crippen LogP contribution in [0.2, 0.25) is 0 Å². The summed E-state index contributed by atoms with van der Waals surface area (Å²) in [6.07, 6.45) is 0. The Balaban J connectivity index is 1.66. The molecule has 0 aliphatic heterocycles. The van der Waals surface area contributed by atoms with Crippen LogP contribution in [-0.2, 0) is 4.79 Å². The second-order valence-electron chi connectivity index (χ2n) is 5.89. The van der Waals surface area contributed by atoms with Crippen molar-refractivity contribution in [3.63, 3.8) is 0 Å². The quantitative estimate of drug-likeness (QED) is 0.573. The fourth-order valence-corrected chi connectivity index (χ4v) is 3.25. The highest BCUT2D eigenvalue weighted by Gasteiger charge is 2.12. The highest BCUT2D eigenvalue weighted by Crippen LogP contribution is 2.28. The molecule has 3 aromatic carbocycles. The molecule has 28 heavy (non-hydrogen) atoms. The van der Waals surface area contributed by atoms with Crippen LogP contribution in [0.1, 0.15) is 10.4 Å². The summed E-state index contributed by atoms with van der Waals surface area (Å²) >= 11 is 1.46. The molecule has 3 aromatic rings. The van der Waals surface area contributed by atoms with Crippen molar-refractivity contribution < 1.29 is 14.3 Å². The number of methoxy groups -OCH3 is 1. The first-order chi connectivity index (χ1) is 13.7. The minimum atomic E-state index is -0.248. The van der Waals surface area contributed by atoms with Gasteiger partial charge in [0.15, 0.2) is 0 Å². The van der Waals surface area contributed by atoms with Gasteiger partial charge in [-0.05, 0) is 42.5 Å². The molecule has 0 heterocycles. The van der Waals surface area contributed by atoms with Crippen LogP contribution in [0.25, 0.3) is 0 Å². The Bertz CT molecular complexity index is 947. The molecule has 0 aliphatic carbocycles. The second-order valence-corrected chi connectivity index (χ2v) is 6.93. The monoisotopic (exact) mass is 392 g/mol. The molecule has 0 unspecified atom stereocenters. The van der Waals surface area contributed by atoms with Crippen molar-refractivity contribution in [1.29, 1.82) is 0 Å². The van der Waals surface area contributed by atoms with Gasteiger partial charge in [-0.15, -0.1) is 11.8 Å². The molecule has 0 saturated carbocycles. The predicted octanol–water partition coefficient (Wildman–Crippen LogP) is 4.68. The molecule has 3 rings (SSSR count). The van der Waals surface area contributed by atoms with E-state index in [2.05, 4.69) is 10.6 Å². The van der Waals surface area contributed by atoms with Crippen molar-refractivity contribution >= 4 is 35.0 Å². The molecule has 0 aromatic heterocycles. The first kappa shape index (κ1) is 19.5. The molecule has 5 nitrogen and oxygen atoms in total. The number of anilines is 2. The highest BCUT2D eigenvalue weighted by atomic mass is 32.2. The Labute approximate surface area is 168 Å². The fourth-order valence-electron chi connectivity index (χ4n) is 2.53. The van der Waals surface area contributed by atoms with E-state index in [0.717, 1.165) is 4.90 Å². The first-order valence-corrected chi connectivity index (χ1v) is 9.66. The predicted molar refractivity (Wildman–Crippen MR) is 113 cm³/mol. The molecular formula is C22H20N2O3S. The fraction of sp³-hybridized carbons (Fsp3) is 0.0909. The van der Waals surface area contributed by atoms with Crippen LogP contribution in [0, 0.1) is 0 Å². The van der Waals surface area contributed by atoms with E-state index >= 15 is 0 Å². The molecule has 0 saturated heterocycles. The maximum Gasteiger partial charge on any atom is 0.255 e. The van der Waals surface area contributed by atoms with Crippen molar-refractivity contribution in [1.82, 2.24) is 0 Å². The van der Waals surface area contributed by atoms with Crippen molar-refractivity contribution in [2.45, 2.75) is 4.90 Å². The maximum absolute atomic E-state index is 12.4. The third kappa shape index (κ3) is 5.37. The van der Waals surface area contributed by atoms with Gasteiger partial charge >= 0.3 is 0 Å². The van der Waals surface area contributed by atoms with Crippen LogP contribution in [0.5, 0.6) is 5.75 Å². The minimum absolute atomic E-state index is 0.126. The Kier molecular flexibility index (Phi) is 6.70. The highest BCUT2D eigenvalue weighted by molar-refractivity contribution is 8.00. The molecular weight excluding hydrogens is 372 g/mol. The number of hydrogen-bond acceptors (Lipinski definition) is 4. The average molecular weight is 392 g/mol. The van der Waals surface area contributed by atoms with Crippen LogP contribution < -0.4 is 15.4 Å². The van der Waals surface area contributed by atoms with Crippen molar-refractivity contribution in [2.24, 2.45) is 0 Å². The number of thioether (sulfide) groups is 1. The number of rotatable bonds is 7. The minimum Gasteiger partial charge on any atom is -0.495 e. The van der Waals surface area contributed by atoms with Gasteiger partial charge in [-0.1, -0.05) is 36.4 Å². The van der Waals surface area contributed by atoms with Gasteiger partial charge in [-0.2, -0.15) is 0 Å². The topological polar surface area (TPSA) is 67.4 Å². The average Bonchev–Trinajstić information content (AvgIpc) is 2.74. The molecule has 6 heteroatoms. The molecule has 2 N–H and O–H groups in total. The molecule has 0 aliphatic rings. The van der Waals surface area contributed by atoms with Crippen LogP contribution in [-0.4, -0.2) is 24.7 Å². The Morgan fingerprint density at radius 2 is 1.57 bits per heavy atom. The normalized spacial score (nSPS) is 10.2. The zero-order valence-electron chi connectivity index (χ0n) is 15.3. The van der Waals surface area contributed by atoms with E-state index < -0.39 is 0 Å². The first-order valence-electron chi connectivity index (χ1n) is 8.68. The third-order valence-corrected chi connectivity index (χ3v) is 4.89. The van der Waals surface area contributed by atoms with Crippen molar-refractivity contribution in [3.05, 3.63) is 84.4 Å². The lowest BCUT2D eigenvalue weighted by Crippen LogP contribution is -2.15. The van der Waals surface area contributed by atoms with E-state index in [1.165, 1.54) is 18.9 Å². The number of nitrogens with one attached hydrogen (secondary N) is 2. The van der Waals surface area contributed by atoms with E-state index in [0.29, 0.717) is 28.4 Å². The van der Waals surface area contributed by atoms with Crippen LogP contribution in [0.15, 0.2) is 83.8 Å². The molecule has 0 atom stereocenters. The number of ether oxygens (including phenoxy) is 1. The van der Waals surface area contributed by atoms with E-state index in [-0.39, 0.29) is 11.8 Å². The van der Waals surface area contributed by atoms with Gasteiger partial charge in [0.25, 0.3) is 5.91 Å². The summed E-state index contributed by atoms with van der Waals surface area (Å²) in [6, 6.07) is 23.8. The summed E-state index contributed by atoms with van der Waals surface area (Å²) in [5.41, 5.74) is 1.62. The number of carbonyl (C=O) groups excluding carboxylic acids is 2. The zero-order chi connectivity index (χ0) is 19.8. The Morgan fingerprint density at radius 1 is 0.893 bits per heavy atom. The van der Waals surface area contributed by atoms with Crippen molar-refractivity contribution in [3.8, 4) is 5.75 Å². The van der Waals surface area contributed by atoms with Gasteiger partial charge in [0.05, 0.1) is 18.6 Å². The Hall–Kier alpha value is -3.25. The van der Waals surface area contributed by atoms with Gasteiger partial charge in [-0.3, -0.25) is 9.59 Å². The summed E-state index contributed by atoms with van der Waals surface area (Å²) < 4.78 is 5.32. The third-order valence-electron chi connectivity index (χ3n) is 3.88. The molecule has 0 fully saturated rings. The summed E-state index contributed by atoms with van der Waals surface area (Å²) in [4.78, 5) is 25.7. The lowest BCUT2D eigenvalue weighted by atomic mass is 10.2. The summed E-state index contributed by atoms with van der Waals surface area (Å²) in [5.74, 6) is 0.434. The van der Waals surface area contributed by atoms with Crippen LogP contribution >= 0.6 is 11.8 Å². The standard InChI is InChI=1S/C22H20N2O3S/c1-27-20-13-12-17(23-21(25)15-28-18-10-6-3-7-11-18)14-19(20)24-22(26)16-8-4-2-5-9-16/h2-14H,15H2,1H3,(H,23,25)(H,24,26). The van der Waals surface area contributed by atoms with E-state index in [4.69, 9.17) is 4.74 Å². The van der Waals surface area contributed by atoms with Gasteiger partial charge in [0.2, 0.25) is 5.91 Å². The van der Waals surface area contributed by atoms with E-state index in [1.807, 2.05) is 36.4 Å². The number of amides is 2. The summed E-state index contributed by atoms with van der Waals surface area (Å²) in [6.45, 7) is 0. The molecule has 142 valence electrons. The van der Waals surface area contributed by atoms with E-state index in [9.17, 15) is 9.59 Å². The van der Waals surface area contributed by atoms with Gasteiger partial charge in [0, 0.05) is 16.1 Å². The summed E-state index contributed by atoms with van der Waals surface area (Å²) in [7, 11) is 1.53. The smallest absolute Gasteiger partial charge is 0.255 e. The zero-order valence-corrected chi connectivity index (χ0v) is 16.2. The molecule has 0 radical (unpaired) electrons. The largest absolute Gasteiger partial charge is 0.495 e. The van der Waals surface area contributed by atoms with Gasteiger partial charge in [0.1, 0.15) is 5.75 Å². The van der Waals surface area contributed by atoms with Crippen LogP contribution in [0.4, 0.5) is 11.4 Å². The van der Waals surface area contributed by atoms with E-state index in [1.54, 1.807) is 42.5 Å². The maximum atomic E-state index is 12.4. The molecule has 0 spiro atoms. The Morgan fingerprint density at radius 3 is 2.25 bits per heavy atom. The second kappa shape index (κ2) is 9.62.